The molecule has 0 fully saturated rings. The van der Waals surface area contributed by atoms with Gasteiger partial charge in [-0.25, -0.2) is 0 Å². The first-order valence-corrected chi connectivity index (χ1v) is 8.12. The fraction of sp³-hybridized carbons (Fsp3) is 0.250. The molecule has 2 aromatic rings. The molecule has 0 radical (unpaired) electrons. The van der Waals surface area contributed by atoms with Crippen molar-refractivity contribution in [2.24, 2.45) is 0 Å². The molecule has 2 aromatic carbocycles. The van der Waals surface area contributed by atoms with E-state index < -0.39 is 0 Å². The third kappa shape index (κ3) is 2.59. The maximum atomic E-state index is 6.04. The van der Waals surface area contributed by atoms with Crippen molar-refractivity contribution in [3.8, 4) is 11.5 Å². The molecule has 2 nitrogen and oxygen atoms in total. The molecule has 3 rings (SSSR count). The van der Waals surface area contributed by atoms with Crippen molar-refractivity contribution in [1.82, 2.24) is 0 Å². The quantitative estimate of drug-likeness (QED) is 0.686. The van der Waals surface area contributed by atoms with Gasteiger partial charge in [-0.15, -0.1) is 0 Å². The Morgan fingerprint density at radius 1 is 1.25 bits per heavy atom. The zero-order valence-corrected chi connectivity index (χ0v) is 14.1. The normalized spacial score (nSPS) is 18.2. The van der Waals surface area contributed by atoms with E-state index in [0.29, 0.717) is 0 Å². The van der Waals surface area contributed by atoms with E-state index in [1.807, 2.05) is 30.3 Å². The average molecular weight is 398 g/mol. The van der Waals surface area contributed by atoms with Crippen LogP contribution in [0.1, 0.15) is 16.0 Å². The Kier molecular flexibility index (Phi) is 4.03. The van der Waals surface area contributed by atoms with Crippen molar-refractivity contribution in [3.63, 3.8) is 0 Å². The lowest BCUT2D eigenvalue weighted by molar-refractivity contribution is 0.230. The van der Waals surface area contributed by atoms with Gasteiger partial charge in [0.15, 0.2) is 0 Å². The highest BCUT2D eigenvalue weighted by atomic mass is 79.9. The molecule has 1 aliphatic rings. The van der Waals surface area contributed by atoms with Crippen molar-refractivity contribution in [2.75, 3.05) is 7.11 Å². The van der Waals surface area contributed by atoms with Gasteiger partial charge in [-0.05, 0) is 29.8 Å². The standard InChI is InChI=1S/C16H14Br2O2/c1-19-14-7-6-11(17)9-12(14)16(18)15-8-10-4-2-3-5-13(10)20-15/h2-7,9,15-16H,8H2,1H3. The highest BCUT2D eigenvalue weighted by Gasteiger charge is 2.31. The Hall–Kier alpha value is -1.00. The number of benzene rings is 2. The van der Waals surface area contributed by atoms with E-state index in [4.69, 9.17) is 9.47 Å². The van der Waals surface area contributed by atoms with Crippen molar-refractivity contribution in [1.29, 1.82) is 0 Å². The van der Waals surface area contributed by atoms with Crippen LogP contribution in [0.3, 0.4) is 0 Å². The van der Waals surface area contributed by atoms with E-state index in [9.17, 15) is 0 Å². The molecule has 20 heavy (non-hydrogen) atoms. The predicted molar refractivity (Wildman–Crippen MR) is 86.9 cm³/mol. The molecule has 0 spiro atoms. The molecular weight excluding hydrogens is 384 g/mol. The topological polar surface area (TPSA) is 18.5 Å². The van der Waals surface area contributed by atoms with Gasteiger partial charge in [0.2, 0.25) is 0 Å². The molecule has 4 heteroatoms. The molecule has 0 bridgehead atoms. The summed E-state index contributed by atoms with van der Waals surface area (Å²) in [6.45, 7) is 0. The SMILES string of the molecule is COc1ccc(Br)cc1C(Br)C1Cc2ccccc2O1. The van der Waals surface area contributed by atoms with Crippen molar-refractivity contribution in [2.45, 2.75) is 17.4 Å². The number of halogens is 2. The second-order valence-corrected chi connectivity index (χ2v) is 6.66. The maximum absolute atomic E-state index is 6.04. The summed E-state index contributed by atoms with van der Waals surface area (Å²) in [7, 11) is 1.69. The summed E-state index contributed by atoms with van der Waals surface area (Å²) in [5.74, 6) is 1.85. The minimum atomic E-state index is 0.0793. The van der Waals surface area contributed by atoms with Gasteiger partial charge < -0.3 is 9.47 Å². The van der Waals surface area contributed by atoms with Gasteiger partial charge in [0.05, 0.1) is 11.9 Å². The lowest BCUT2D eigenvalue weighted by Gasteiger charge is -2.20. The lowest BCUT2D eigenvalue weighted by Crippen LogP contribution is -2.19. The molecular formula is C16H14Br2O2. The van der Waals surface area contributed by atoms with Crippen LogP contribution < -0.4 is 9.47 Å². The average Bonchev–Trinajstić information content (AvgIpc) is 2.90. The van der Waals surface area contributed by atoms with Gasteiger partial charge >= 0.3 is 0 Å². The summed E-state index contributed by atoms with van der Waals surface area (Å²) in [5, 5.41) is 0. The molecule has 0 N–H and O–H groups in total. The number of ether oxygens (including phenoxy) is 2. The summed E-state index contributed by atoms with van der Waals surface area (Å²) < 4.78 is 12.5. The first-order chi connectivity index (χ1) is 9.69. The Morgan fingerprint density at radius 3 is 2.80 bits per heavy atom. The van der Waals surface area contributed by atoms with Gasteiger partial charge in [0.1, 0.15) is 17.6 Å². The van der Waals surface area contributed by atoms with Crippen LogP contribution in [0.25, 0.3) is 0 Å². The fourth-order valence-electron chi connectivity index (χ4n) is 2.49. The van der Waals surface area contributed by atoms with Gasteiger partial charge in [0.25, 0.3) is 0 Å². The molecule has 0 amide bonds. The fourth-order valence-corrected chi connectivity index (χ4v) is 3.52. The first kappa shape index (κ1) is 14.0. The number of alkyl halides is 1. The molecule has 2 unspecified atom stereocenters. The number of methoxy groups -OCH3 is 1. The van der Waals surface area contributed by atoms with E-state index in [1.165, 1.54) is 5.56 Å². The van der Waals surface area contributed by atoms with Crippen LogP contribution >= 0.6 is 31.9 Å². The van der Waals surface area contributed by atoms with Crippen LogP contribution in [0.5, 0.6) is 11.5 Å². The highest BCUT2D eigenvalue weighted by molar-refractivity contribution is 9.10. The Bertz CT molecular complexity index is 603. The third-order valence-corrected chi connectivity index (χ3v) is 5.06. The number of rotatable bonds is 3. The van der Waals surface area contributed by atoms with Crippen LogP contribution in [-0.2, 0) is 6.42 Å². The van der Waals surface area contributed by atoms with Crippen LogP contribution in [0.4, 0.5) is 0 Å². The second-order valence-electron chi connectivity index (χ2n) is 4.76. The van der Waals surface area contributed by atoms with E-state index in [-0.39, 0.29) is 10.9 Å². The zero-order chi connectivity index (χ0) is 14.1. The number of hydrogen-bond donors (Lipinski definition) is 0. The lowest BCUT2D eigenvalue weighted by atomic mass is 10.0. The molecule has 0 aromatic heterocycles. The summed E-state index contributed by atoms with van der Waals surface area (Å²) in [4.78, 5) is 0.0855. The van der Waals surface area contributed by atoms with Crippen LogP contribution in [0.15, 0.2) is 46.9 Å². The highest BCUT2D eigenvalue weighted by Crippen LogP contribution is 2.41. The molecule has 1 aliphatic heterocycles. The monoisotopic (exact) mass is 396 g/mol. The Balaban J connectivity index is 1.88. The van der Waals surface area contributed by atoms with Gasteiger partial charge in [0, 0.05) is 16.5 Å². The minimum Gasteiger partial charge on any atom is -0.496 e. The van der Waals surface area contributed by atoms with Crippen molar-refractivity contribution >= 4 is 31.9 Å². The molecule has 104 valence electrons. The summed E-state index contributed by atoms with van der Waals surface area (Å²) in [5.41, 5.74) is 2.36. The van der Waals surface area contributed by atoms with Crippen LogP contribution in [-0.4, -0.2) is 13.2 Å². The van der Waals surface area contributed by atoms with E-state index in [0.717, 1.165) is 28.0 Å². The number of hydrogen-bond acceptors (Lipinski definition) is 2. The second kappa shape index (κ2) is 5.78. The largest absolute Gasteiger partial charge is 0.496 e. The third-order valence-electron chi connectivity index (χ3n) is 3.49. The summed E-state index contributed by atoms with van der Waals surface area (Å²) in [6, 6.07) is 14.2. The molecule has 0 saturated heterocycles. The Morgan fingerprint density at radius 2 is 2.05 bits per heavy atom. The predicted octanol–water partition coefficient (Wildman–Crippen LogP) is 4.90. The molecule has 0 saturated carbocycles. The Labute approximate surface area is 135 Å². The first-order valence-electron chi connectivity index (χ1n) is 6.41. The number of para-hydroxylation sites is 1. The maximum Gasteiger partial charge on any atom is 0.123 e. The van der Waals surface area contributed by atoms with Crippen molar-refractivity contribution in [3.05, 3.63) is 58.1 Å². The number of fused-ring (bicyclic) bond motifs is 1. The zero-order valence-electron chi connectivity index (χ0n) is 11.0. The van der Waals surface area contributed by atoms with Crippen LogP contribution in [0, 0.1) is 0 Å². The summed E-state index contributed by atoms with van der Waals surface area (Å²) in [6.07, 6.45) is 0.984. The van der Waals surface area contributed by atoms with Gasteiger partial charge in [-0.3, -0.25) is 0 Å². The summed E-state index contributed by atoms with van der Waals surface area (Å²) >= 11 is 7.29. The van der Waals surface area contributed by atoms with E-state index in [2.05, 4.69) is 44.0 Å². The molecule has 2 atom stereocenters. The van der Waals surface area contributed by atoms with Gasteiger partial charge in [-0.2, -0.15) is 0 Å². The minimum absolute atomic E-state index is 0.0793. The molecule has 1 heterocycles. The van der Waals surface area contributed by atoms with Crippen LogP contribution in [0.2, 0.25) is 0 Å². The van der Waals surface area contributed by atoms with Gasteiger partial charge in [-0.1, -0.05) is 50.1 Å². The van der Waals surface area contributed by atoms with E-state index >= 15 is 0 Å². The smallest absolute Gasteiger partial charge is 0.123 e. The van der Waals surface area contributed by atoms with Crippen molar-refractivity contribution < 1.29 is 9.47 Å². The molecule has 0 aliphatic carbocycles. The van der Waals surface area contributed by atoms with E-state index in [1.54, 1.807) is 7.11 Å².